The molecule has 0 bridgehead atoms. The predicted octanol–water partition coefficient (Wildman–Crippen LogP) is 5.36. The van der Waals surface area contributed by atoms with Gasteiger partial charge in [0.2, 0.25) is 0 Å². The van der Waals surface area contributed by atoms with Crippen LogP contribution < -0.4 is 5.32 Å². The second-order valence-corrected chi connectivity index (χ2v) is 7.01. The van der Waals surface area contributed by atoms with Gasteiger partial charge in [0.05, 0.1) is 11.6 Å². The minimum absolute atomic E-state index is 0.358. The second-order valence-electron chi connectivity index (χ2n) is 6.09. The van der Waals surface area contributed by atoms with Gasteiger partial charge in [0, 0.05) is 33.4 Å². The van der Waals surface area contributed by atoms with Gasteiger partial charge in [-0.25, -0.2) is 0 Å². The Morgan fingerprint density at radius 2 is 1.87 bits per heavy atom. The highest BCUT2D eigenvalue weighted by atomic mass is 79.9. The molecule has 3 aromatic rings. The molecule has 1 N–H and O–H groups in total. The van der Waals surface area contributed by atoms with Crippen LogP contribution in [0.25, 0.3) is 16.6 Å². The fourth-order valence-corrected chi connectivity index (χ4v) is 4.16. The number of rotatable bonds is 1. The molecule has 112 valence electrons. The lowest BCUT2D eigenvalue weighted by molar-refractivity contribution is 0.804. The van der Waals surface area contributed by atoms with Gasteiger partial charge in [0.15, 0.2) is 0 Å². The molecule has 2 aliphatic rings. The Morgan fingerprint density at radius 3 is 2.74 bits per heavy atom. The second kappa shape index (κ2) is 4.87. The van der Waals surface area contributed by atoms with Crippen molar-refractivity contribution in [2.75, 3.05) is 5.32 Å². The number of benzene rings is 2. The van der Waals surface area contributed by atoms with Gasteiger partial charge in [-0.3, -0.25) is 0 Å². The van der Waals surface area contributed by atoms with Crippen molar-refractivity contribution in [2.24, 2.45) is 0 Å². The molecule has 0 spiro atoms. The number of aromatic nitrogens is 1. The van der Waals surface area contributed by atoms with Crippen LogP contribution in [0, 0.1) is 0 Å². The largest absolute Gasteiger partial charge is 0.377 e. The molecule has 23 heavy (non-hydrogen) atoms. The molecule has 2 unspecified atom stereocenters. The first-order chi connectivity index (χ1) is 11.3. The molecule has 1 aliphatic carbocycles. The summed E-state index contributed by atoms with van der Waals surface area (Å²) in [6.45, 7) is 0. The summed E-state index contributed by atoms with van der Waals surface area (Å²) in [5.74, 6) is 0.411. The number of hydrogen-bond donors (Lipinski definition) is 1. The lowest BCUT2D eigenvalue weighted by atomic mass is 9.91. The van der Waals surface area contributed by atoms with E-state index >= 15 is 0 Å². The molecule has 1 aliphatic heterocycles. The highest BCUT2D eigenvalue weighted by molar-refractivity contribution is 9.11. The Balaban J connectivity index is 1.70. The monoisotopic (exact) mass is 362 g/mol. The van der Waals surface area contributed by atoms with Gasteiger partial charge in [0.1, 0.15) is 0 Å². The molecule has 0 amide bonds. The molecule has 0 fully saturated rings. The third kappa shape index (κ3) is 1.93. The van der Waals surface area contributed by atoms with Crippen LogP contribution in [0.1, 0.15) is 11.5 Å². The number of para-hydroxylation sites is 1. The molecule has 0 saturated heterocycles. The predicted molar refractivity (Wildman–Crippen MR) is 99.6 cm³/mol. The van der Waals surface area contributed by atoms with E-state index in [1.165, 1.54) is 27.8 Å². The van der Waals surface area contributed by atoms with E-state index in [2.05, 4.69) is 98.8 Å². The molecule has 2 aromatic carbocycles. The quantitative estimate of drug-likeness (QED) is 0.616. The molecule has 2 nitrogen and oxygen atoms in total. The van der Waals surface area contributed by atoms with Gasteiger partial charge in [-0.2, -0.15) is 0 Å². The van der Waals surface area contributed by atoms with Crippen LogP contribution >= 0.6 is 15.9 Å². The molecular weight excluding hydrogens is 348 g/mol. The van der Waals surface area contributed by atoms with E-state index < -0.39 is 0 Å². The Bertz CT molecular complexity index is 966. The van der Waals surface area contributed by atoms with E-state index in [9.17, 15) is 0 Å². The van der Waals surface area contributed by atoms with E-state index in [1.807, 2.05) is 0 Å². The van der Waals surface area contributed by atoms with Crippen molar-refractivity contribution in [3.63, 3.8) is 0 Å². The minimum Gasteiger partial charge on any atom is -0.377 e. The zero-order chi connectivity index (χ0) is 15.4. The van der Waals surface area contributed by atoms with Crippen molar-refractivity contribution in [3.8, 4) is 5.69 Å². The van der Waals surface area contributed by atoms with E-state index in [0.717, 1.165) is 4.48 Å². The molecule has 2 atom stereocenters. The van der Waals surface area contributed by atoms with Crippen LogP contribution in [0.4, 0.5) is 5.69 Å². The fraction of sp³-hybridized carbons (Fsp3) is 0.100. The molecule has 0 radical (unpaired) electrons. The molecule has 3 heteroatoms. The van der Waals surface area contributed by atoms with Gasteiger partial charge >= 0.3 is 0 Å². The van der Waals surface area contributed by atoms with Gasteiger partial charge in [-0.1, -0.05) is 58.4 Å². The average molecular weight is 363 g/mol. The molecular formula is C20H15BrN2. The van der Waals surface area contributed by atoms with Crippen LogP contribution in [0.5, 0.6) is 0 Å². The van der Waals surface area contributed by atoms with Crippen molar-refractivity contribution in [1.82, 2.24) is 4.57 Å². The van der Waals surface area contributed by atoms with Gasteiger partial charge < -0.3 is 9.88 Å². The van der Waals surface area contributed by atoms with Crippen LogP contribution in [0.3, 0.4) is 0 Å². The van der Waals surface area contributed by atoms with Crippen molar-refractivity contribution < 1.29 is 0 Å². The van der Waals surface area contributed by atoms with Gasteiger partial charge in [0.25, 0.3) is 0 Å². The summed E-state index contributed by atoms with van der Waals surface area (Å²) in [5, 5.41) is 4.99. The molecule has 1 aromatic heterocycles. The number of nitrogens with one attached hydrogen (secondary N) is 1. The lowest BCUT2D eigenvalue weighted by Gasteiger charge is -2.17. The van der Waals surface area contributed by atoms with Crippen molar-refractivity contribution in [3.05, 3.63) is 83.0 Å². The molecule has 0 saturated carbocycles. The highest BCUT2D eigenvalue weighted by Crippen LogP contribution is 2.44. The highest BCUT2D eigenvalue weighted by Gasteiger charge is 2.32. The summed E-state index contributed by atoms with van der Waals surface area (Å²) in [4.78, 5) is 0. The SMILES string of the molecule is BrC1=CC2c3ccc4c(ccn4-c4ccccc4)c3NC2C=C1. The van der Waals surface area contributed by atoms with Crippen molar-refractivity contribution in [2.45, 2.75) is 12.0 Å². The van der Waals surface area contributed by atoms with Crippen LogP contribution in [0.15, 0.2) is 77.4 Å². The van der Waals surface area contributed by atoms with Crippen LogP contribution in [0.2, 0.25) is 0 Å². The number of allylic oxidation sites excluding steroid dienone is 2. The van der Waals surface area contributed by atoms with E-state index in [4.69, 9.17) is 0 Å². The summed E-state index contributed by atoms with van der Waals surface area (Å²) in [7, 11) is 0. The Hall–Kier alpha value is -2.26. The Morgan fingerprint density at radius 1 is 1.00 bits per heavy atom. The normalized spacial score (nSPS) is 21.7. The fourth-order valence-electron chi connectivity index (χ4n) is 3.72. The topological polar surface area (TPSA) is 17.0 Å². The number of nitrogens with zero attached hydrogens (tertiary/aromatic N) is 1. The summed E-state index contributed by atoms with van der Waals surface area (Å²) in [6, 6.07) is 17.6. The van der Waals surface area contributed by atoms with Crippen molar-refractivity contribution in [1.29, 1.82) is 0 Å². The third-order valence-corrected chi connectivity index (χ3v) is 5.33. The van der Waals surface area contributed by atoms with Gasteiger partial charge in [-0.05, 0) is 29.8 Å². The maximum absolute atomic E-state index is 3.70. The Labute approximate surface area is 143 Å². The summed E-state index contributed by atoms with van der Waals surface area (Å²) in [5.41, 5.74) is 5.10. The maximum Gasteiger partial charge on any atom is 0.0552 e. The smallest absolute Gasteiger partial charge is 0.0552 e. The maximum atomic E-state index is 3.70. The average Bonchev–Trinajstić information content (AvgIpc) is 3.16. The lowest BCUT2D eigenvalue weighted by Crippen LogP contribution is -2.18. The summed E-state index contributed by atoms with van der Waals surface area (Å²) >= 11 is 3.60. The first-order valence-corrected chi connectivity index (χ1v) is 8.62. The Kier molecular flexibility index (Phi) is 2.79. The molecule has 2 heterocycles. The standard InChI is InChI=1S/C20H15BrN2/c21-13-6-8-18-17(12-13)15-7-9-19-16(20(15)22-18)10-11-23(19)14-4-2-1-3-5-14/h1-12,17-18,22H. The minimum atomic E-state index is 0.358. The number of fused-ring (bicyclic) bond motifs is 5. The zero-order valence-electron chi connectivity index (χ0n) is 12.4. The number of hydrogen-bond acceptors (Lipinski definition) is 1. The number of anilines is 1. The first kappa shape index (κ1) is 13.2. The van der Waals surface area contributed by atoms with E-state index in [1.54, 1.807) is 0 Å². The first-order valence-electron chi connectivity index (χ1n) is 7.83. The van der Waals surface area contributed by atoms with E-state index in [-0.39, 0.29) is 0 Å². The van der Waals surface area contributed by atoms with Crippen LogP contribution in [-0.2, 0) is 0 Å². The summed E-state index contributed by atoms with van der Waals surface area (Å²) in [6.07, 6.45) is 8.83. The van der Waals surface area contributed by atoms with E-state index in [0.29, 0.717) is 12.0 Å². The third-order valence-electron chi connectivity index (χ3n) is 4.80. The summed E-state index contributed by atoms with van der Waals surface area (Å²) < 4.78 is 3.41. The molecule has 5 rings (SSSR count). The van der Waals surface area contributed by atoms with Crippen LogP contribution in [-0.4, -0.2) is 10.6 Å². The number of halogens is 1. The van der Waals surface area contributed by atoms with Crippen molar-refractivity contribution >= 4 is 32.5 Å². The zero-order valence-corrected chi connectivity index (χ0v) is 14.0. The van der Waals surface area contributed by atoms with Gasteiger partial charge in [-0.15, -0.1) is 0 Å².